The lowest BCUT2D eigenvalue weighted by molar-refractivity contribution is 0.547. The van der Waals surface area contributed by atoms with Gasteiger partial charge < -0.3 is 0 Å². The van der Waals surface area contributed by atoms with E-state index < -0.39 is 0 Å². The van der Waals surface area contributed by atoms with Gasteiger partial charge in [0.15, 0.2) is 0 Å². The van der Waals surface area contributed by atoms with E-state index in [-0.39, 0.29) is 10.8 Å². The van der Waals surface area contributed by atoms with Crippen molar-refractivity contribution in [2.75, 3.05) is 0 Å². The second-order valence-corrected chi connectivity index (χ2v) is 8.93. The molecule has 0 radical (unpaired) electrons. The van der Waals surface area contributed by atoms with Gasteiger partial charge in [-0.15, -0.1) is 0 Å². The van der Waals surface area contributed by atoms with Gasteiger partial charge in [0.05, 0.1) is 5.41 Å². The van der Waals surface area contributed by atoms with Crippen LogP contribution in [0, 0.1) is 5.41 Å². The molecule has 3 aromatic rings. The summed E-state index contributed by atoms with van der Waals surface area (Å²) in [7, 11) is 0. The molecule has 0 aromatic heterocycles. The maximum absolute atomic E-state index is 6.28. The van der Waals surface area contributed by atoms with Crippen molar-refractivity contribution < 1.29 is 0 Å². The summed E-state index contributed by atoms with van der Waals surface area (Å²) >= 11 is 6.28. The molecule has 0 saturated heterocycles. The molecule has 3 aliphatic carbocycles. The lowest BCUT2D eigenvalue weighted by Crippen LogP contribution is -2.50. The summed E-state index contributed by atoms with van der Waals surface area (Å²) in [4.78, 5) is 1.11. The van der Waals surface area contributed by atoms with Crippen molar-refractivity contribution >= 4 is 17.1 Å². The third kappa shape index (κ3) is 1.77. The van der Waals surface area contributed by atoms with Crippen molar-refractivity contribution in [3.05, 3.63) is 106 Å². The van der Waals surface area contributed by atoms with E-state index in [1.165, 1.54) is 33.4 Å². The first-order valence-electron chi connectivity index (χ1n) is 9.30. The molecule has 0 nitrogen and oxygen atoms in total. The summed E-state index contributed by atoms with van der Waals surface area (Å²) in [6, 6.07) is 26.8. The molecule has 0 amide bonds. The smallest absolute Gasteiger partial charge is 0.0778 e. The minimum Gasteiger partial charge on any atom is -0.0874 e. The SMILES string of the molecule is CC(C)(C)C(=S)C12c3ccccc3C(c3ccccc31)c1ccccc12. The van der Waals surface area contributed by atoms with Crippen LogP contribution in [-0.4, -0.2) is 4.86 Å². The van der Waals surface area contributed by atoms with E-state index in [0.717, 1.165) is 4.86 Å². The molecule has 6 rings (SSSR count). The average Bonchev–Trinajstić information content (AvgIpc) is 2.66. The highest BCUT2D eigenvalue weighted by Crippen LogP contribution is 2.60. The first kappa shape index (κ1) is 16.0. The Balaban J connectivity index is 2.01. The normalized spacial score (nSPS) is 22.3. The van der Waals surface area contributed by atoms with Gasteiger partial charge in [-0.05, 0) is 38.8 Å². The van der Waals surface area contributed by atoms with Crippen LogP contribution >= 0.6 is 12.2 Å². The van der Waals surface area contributed by atoms with E-state index in [0.29, 0.717) is 5.92 Å². The average molecular weight is 355 g/mol. The Kier molecular flexibility index (Phi) is 3.16. The summed E-state index contributed by atoms with van der Waals surface area (Å²) in [5.74, 6) is 0.309. The molecule has 0 aliphatic heterocycles. The van der Waals surface area contributed by atoms with Gasteiger partial charge in [-0.2, -0.15) is 0 Å². The van der Waals surface area contributed by atoms with E-state index in [2.05, 4.69) is 93.6 Å². The largest absolute Gasteiger partial charge is 0.0874 e. The monoisotopic (exact) mass is 354 g/mol. The highest BCUT2D eigenvalue weighted by Gasteiger charge is 2.55. The Morgan fingerprint density at radius 1 is 0.692 bits per heavy atom. The third-order valence-electron chi connectivity index (χ3n) is 6.05. The van der Waals surface area contributed by atoms with E-state index in [4.69, 9.17) is 12.2 Å². The predicted octanol–water partition coefficient (Wildman–Crippen LogP) is 6.24. The summed E-state index contributed by atoms with van der Waals surface area (Å²) in [6.07, 6.45) is 0. The molecular formula is C25H22S. The minimum absolute atomic E-state index is 0.0765. The fourth-order valence-corrected chi connectivity index (χ4v) is 5.47. The van der Waals surface area contributed by atoms with Gasteiger partial charge in [0, 0.05) is 10.8 Å². The van der Waals surface area contributed by atoms with Crippen LogP contribution in [0.1, 0.15) is 60.1 Å². The Hall–Kier alpha value is -2.25. The molecule has 0 fully saturated rings. The van der Waals surface area contributed by atoms with Crippen LogP contribution in [0.5, 0.6) is 0 Å². The van der Waals surface area contributed by atoms with Crippen molar-refractivity contribution in [1.82, 2.24) is 0 Å². The zero-order valence-electron chi connectivity index (χ0n) is 15.4. The number of hydrogen-bond acceptors (Lipinski definition) is 1. The first-order valence-corrected chi connectivity index (χ1v) is 9.71. The summed E-state index contributed by atoms with van der Waals surface area (Å²) in [6.45, 7) is 6.75. The number of hydrogen-bond donors (Lipinski definition) is 0. The van der Waals surface area contributed by atoms with E-state index in [1.54, 1.807) is 0 Å². The predicted molar refractivity (Wildman–Crippen MR) is 112 cm³/mol. The van der Waals surface area contributed by atoms with Crippen LogP contribution in [0.3, 0.4) is 0 Å². The van der Waals surface area contributed by atoms with Crippen LogP contribution in [0.4, 0.5) is 0 Å². The Morgan fingerprint density at radius 2 is 1.04 bits per heavy atom. The van der Waals surface area contributed by atoms with Crippen LogP contribution < -0.4 is 0 Å². The molecule has 3 aliphatic rings. The molecule has 0 heterocycles. The van der Waals surface area contributed by atoms with Gasteiger partial charge in [-0.3, -0.25) is 0 Å². The van der Waals surface area contributed by atoms with Crippen molar-refractivity contribution in [1.29, 1.82) is 0 Å². The molecule has 26 heavy (non-hydrogen) atoms. The molecule has 3 aromatic carbocycles. The van der Waals surface area contributed by atoms with Crippen LogP contribution in [0.15, 0.2) is 72.8 Å². The lowest BCUT2D eigenvalue weighted by atomic mass is 9.50. The fraction of sp³-hybridized carbons (Fsp3) is 0.240. The molecular weight excluding hydrogens is 332 g/mol. The van der Waals surface area contributed by atoms with Crippen molar-refractivity contribution in [2.24, 2.45) is 5.41 Å². The quantitative estimate of drug-likeness (QED) is 0.466. The maximum atomic E-state index is 6.28. The van der Waals surface area contributed by atoms with Gasteiger partial charge >= 0.3 is 0 Å². The Bertz CT molecular complexity index is 936. The van der Waals surface area contributed by atoms with Crippen LogP contribution in [0.2, 0.25) is 0 Å². The molecule has 2 bridgehead atoms. The van der Waals surface area contributed by atoms with Gasteiger partial charge in [-0.1, -0.05) is 106 Å². The molecule has 0 N–H and O–H groups in total. The second-order valence-electron chi connectivity index (χ2n) is 8.52. The van der Waals surface area contributed by atoms with Crippen molar-refractivity contribution in [3.63, 3.8) is 0 Å². The standard InChI is InChI=1S/C25H22S/c1-24(2,3)23(26)25-19-13-7-4-10-16(19)22(17-11-5-8-14-20(17)25)18-12-6-9-15-21(18)25/h4-15,22H,1-3H3. The molecule has 128 valence electrons. The molecule has 0 unspecified atom stereocenters. The Morgan fingerprint density at radius 3 is 1.38 bits per heavy atom. The Labute approximate surface area is 160 Å². The van der Waals surface area contributed by atoms with Crippen LogP contribution in [0.25, 0.3) is 0 Å². The van der Waals surface area contributed by atoms with Crippen molar-refractivity contribution in [3.8, 4) is 0 Å². The molecule has 0 spiro atoms. The van der Waals surface area contributed by atoms with E-state index in [1.807, 2.05) is 0 Å². The van der Waals surface area contributed by atoms with Gasteiger partial charge in [0.1, 0.15) is 0 Å². The highest BCUT2D eigenvalue weighted by molar-refractivity contribution is 7.80. The first-order chi connectivity index (χ1) is 12.5. The zero-order chi connectivity index (χ0) is 18.1. The van der Waals surface area contributed by atoms with Gasteiger partial charge in [0.25, 0.3) is 0 Å². The maximum Gasteiger partial charge on any atom is 0.0778 e. The number of rotatable bonds is 1. The van der Waals surface area contributed by atoms with E-state index in [9.17, 15) is 0 Å². The highest BCUT2D eigenvalue weighted by atomic mass is 32.1. The van der Waals surface area contributed by atoms with Crippen LogP contribution in [-0.2, 0) is 5.41 Å². The molecule has 0 atom stereocenters. The van der Waals surface area contributed by atoms with Gasteiger partial charge in [0.2, 0.25) is 0 Å². The molecule has 1 heteroatoms. The third-order valence-corrected chi connectivity index (χ3v) is 6.97. The van der Waals surface area contributed by atoms with E-state index >= 15 is 0 Å². The topological polar surface area (TPSA) is 0 Å². The lowest BCUT2D eigenvalue weighted by Gasteiger charge is -2.53. The summed E-state index contributed by atoms with van der Waals surface area (Å²) < 4.78 is 0. The second kappa shape index (κ2) is 5.14. The number of benzene rings is 3. The van der Waals surface area contributed by atoms with Gasteiger partial charge in [-0.25, -0.2) is 0 Å². The minimum atomic E-state index is -0.341. The summed E-state index contributed by atoms with van der Waals surface area (Å²) in [5, 5.41) is 0. The summed E-state index contributed by atoms with van der Waals surface area (Å²) in [5.41, 5.74) is 7.95. The zero-order valence-corrected chi connectivity index (χ0v) is 16.2. The number of thiocarbonyl (C=S) groups is 1. The molecule has 0 saturated carbocycles. The van der Waals surface area contributed by atoms with Crippen molar-refractivity contribution in [2.45, 2.75) is 32.1 Å². The fourth-order valence-electron chi connectivity index (χ4n) is 5.14.